The fourth-order valence-corrected chi connectivity index (χ4v) is 3.75. The van der Waals surface area contributed by atoms with Crippen LogP contribution in [0.3, 0.4) is 0 Å². The van der Waals surface area contributed by atoms with Gasteiger partial charge in [0.1, 0.15) is 11.6 Å². The molecule has 2 aliphatic rings. The van der Waals surface area contributed by atoms with Crippen LogP contribution in [0.1, 0.15) is 29.3 Å². The topological polar surface area (TPSA) is 93.7 Å². The van der Waals surface area contributed by atoms with E-state index in [0.717, 1.165) is 11.3 Å². The second-order valence-corrected chi connectivity index (χ2v) is 7.15. The molecule has 7 nitrogen and oxygen atoms in total. The van der Waals surface area contributed by atoms with Gasteiger partial charge in [0.05, 0.1) is 6.61 Å². The summed E-state index contributed by atoms with van der Waals surface area (Å²) >= 11 is 0. The Morgan fingerprint density at radius 1 is 1.17 bits per heavy atom. The number of para-hydroxylation sites is 1. The molecule has 0 aromatic heterocycles. The summed E-state index contributed by atoms with van der Waals surface area (Å²) in [5.74, 6) is -1.66. The Kier molecular flexibility index (Phi) is 5.27. The van der Waals surface area contributed by atoms with Gasteiger partial charge in [-0.25, -0.2) is 9.59 Å². The SMILES string of the molecule is CCOC(=O)C1=CC(NC(=O)c2ccccc2)C(=O)OC12CCc1ccccc1N2. The minimum Gasteiger partial charge on any atom is -0.462 e. The van der Waals surface area contributed by atoms with Crippen LogP contribution < -0.4 is 10.6 Å². The molecule has 2 atom stereocenters. The smallest absolute Gasteiger partial charge is 0.339 e. The Morgan fingerprint density at radius 2 is 1.90 bits per heavy atom. The quantitative estimate of drug-likeness (QED) is 0.758. The van der Waals surface area contributed by atoms with Gasteiger partial charge in [-0.3, -0.25) is 4.79 Å². The summed E-state index contributed by atoms with van der Waals surface area (Å²) in [7, 11) is 0. The molecule has 154 valence electrons. The summed E-state index contributed by atoms with van der Waals surface area (Å²) < 4.78 is 11.0. The number of carbonyl (C=O) groups is 3. The molecule has 4 rings (SSSR count). The van der Waals surface area contributed by atoms with Crippen molar-refractivity contribution in [1.29, 1.82) is 0 Å². The van der Waals surface area contributed by atoms with Crippen molar-refractivity contribution >= 4 is 23.5 Å². The van der Waals surface area contributed by atoms with Crippen LogP contribution in [0.25, 0.3) is 0 Å². The predicted octanol–water partition coefficient (Wildman–Crippen LogP) is 2.59. The van der Waals surface area contributed by atoms with E-state index in [2.05, 4.69) is 10.6 Å². The van der Waals surface area contributed by atoms with Gasteiger partial charge in [-0.1, -0.05) is 36.4 Å². The van der Waals surface area contributed by atoms with Crippen molar-refractivity contribution in [3.05, 3.63) is 77.4 Å². The van der Waals surface area contributed by atoms with Gasteiger partial charge in [0.2, 0.25) is 5.72 Å². The number of ether oxygens (including phenoxy) is 2. The third-order valence-electron chi connectivity index (χ3n) is 5.22. The first-order chi connectivity index (χ1) is 14.5. The monoisotopic (exact) mass is 406 g/mol. The van der Waals surface area contributed by atoms with E-state index in [-0.39, 0.29) is 12.2 Å². The van der Waals surface area contributed by atoms with E-state index in [0.29, 0.717) is 18.4 Å². The normalized spacial score (nSPS) is 22.2. The Balaban J connectivity index is 1.66. The molecule has 1 amide bonds. The van der Waals surface area contributed by atoms with Crippen LogP contribution in [0.2, 0.25) is 0 Å². The van der Waals surface area contributed by atoms with Crippen LogP contribution in [-0.2, 0) is 25.5 Å². The number of nitrogens with one attached hydrogen (secondary N) is 2. The molecule has 2 unspecified atom stereocenters. The number of carbonyl (C=O) groups excluding carboxylic acids is 3. The van der Waals surface area contributed by atoms with Crippen molar-refractivity contribution in [3.63, 3.8) is 0 Å². The van der Waals surface area contributed by atoms with Gasteiger partial charge in [-0.2, -0.15) is 0 Å². The number of rotatable bonds is 4. The minimum absolute atomic E-state index is 0.178. The number of aryl methyl sites for hydroxylation is 1. The molecule has 0 saturated heterocycles. The fourth-order valence-electron chi connectivity index (χ4n) is 3.75. The summed E-state index contributed by atoms with van der Waals surface area (Å²) in [5.41, 5.74) is 1.12. The Labute approximate surface area is 174 Å². The fraction of sp³-hybridized carbons (Fsp3) is 0.261. The minimum atomic E-state index is -1.33. The van der Waals surface area contributed by atoms with Crippen LogP contribution in [0.15, 0.2) is 66.2 Å². The van der Waals surface area contributed by atoms with Crippen molar-refractivity contribution in [2.45, 2.75) is 31.5 Å². The third kappa shape index (κ3) is 3.66. The molecule has 0 bridgehead atoms. The first-order valence-corrected chi connectivity index (χ1v) is 9.87. The number of hydrogen-bond acceptors (Lipinski definition) is 6. The Morgan fingerprint density at radius 3 is 2.67 bits per heavy atom. The lowest BCUT2D eigenvalue weighted by atomic mass is 9.87. The number of hydrogen-bond donors (Lipinski definition) is 2. The highest BCUT2D eigenvalue weighted by molar-refractivity contribution is 6.00. The largest absolute Gasteiger partial charge is 0.462 e. The highest BCUT2D eigenvalue weighted by Crippen LogP contribution is 2.39. The summed E-state index contributed by atoms with van der Waals surface area (Å²) in [6.07, 6.45) is 2.43. The molecule has 30 heavy (non-hydrogen) atoms. The van der Waals surface area contributed by atoms with Gasteiger partial charge in [0.25, 0.3) is 5.91 Å². The molecule has 1 spiro atoms. The maximum atomic E-state index is 12.8. The van der Waals surface area contributed by atoms with Gasteiger partial charge < -0.3 is 20.1 Å². The maximum Gasteiger partial charge on any atom is 0.339 e. The number of anilines is 1. The molecule has 2 N–H and O–H groups in total. The molecule has 2 aliphatic heterocycles. The molecule has 0 radical (unpaired) electrons. The molecular formula is C23H22N2O5. The van der Waals surface area contributed by atoms with Gasteiger partial charge in [-0.05, 0) is 43.2 Å². The molecular weight excluding hydrogens is 384 g/mol. The lowest BCUT2D eigenvalue weighted by molar-refractivity contribution is -0.160. The average molecular weight is 406 g/mol. The maximum absolute atomic E-state index is 12.8. The van der Waals surface area contributed by atoms with E-state index < -0.39 is 29.6 Å². The molecule has 0 saturated carbocycles. The van der Waals surface area contributed by atoms with E-state index >= 15 is 0 Å². The summed E-state index contributed by atoms with van der Waals surface area (Å²) in [6, 6.07) is 15.1. The number of benzene rings is 2. The Hall–Kier alpha value is -3.61. The predicted molar refractivity (Wildman–Crippen MR) is 110 cm³/mol. The van der Waals surface area contributed by atoms with Crippen molar-refractivity contribution in [2.75, 3.05) is 11.9 Å². The average Bonchev–Trinajstić information content (AvgIpc) is 2.76. The van der Waals surface area contributed by atoms with Gasteiger partial charge in [0.15, 0.2) is 0 Å². The van der Waals surface area contributed by atoms with Crippen LogP contribution in [0.5, 0.6) is 0 Å². The van der Waals surface area contributed by atoms with E-state index in [9.17, 15) is 14.4 Å². The van der Waals surface area contributed by atoms with Crippen molar-refractivity contribution in [2.24, 2.45) is 0 Å². The molecule has 2 aromatic rings. The second-order valence-electron chi connectivity index (χ2n) is 7.15. The first-order valence-electron chi connectivity index (χ1n) is 9.87. The van der Waals surface area contributed by atoms with E-state index in [1.807, 2.05) is 24.3 Å². The van der Waals surface area contributed by atoms with Crippen molar-refractivity contribution < 1.29 is 23.9 Å². The van der Waals surface area contributed by atoms with Crippen LogP contribution >= 0.6 is 0 Å². The van der Waals surface area contributed by atoms with Crippen LogP contribution in [0, 0.1) is 0 Å². The zero-order valence-corrected chi connectivity index (χ0v) is 16.5. The van der Waals surface area contributed by atoms with E-state index in [4.69, 9.17) is 9.47 Å². The summed E-state index contributed by atoms with van der Waals surface area (Å²) in [4.78, 5) is 38.1. The van der Waals surface area contributed by atoms with Crippen molar-refractivity contribution in [3.8, 4) is 0 Å². The standard InChI is InChI=1S/C23H22N2O5/c1-2-29-21(27)17-14-19(24-20(26)16-9-4-3-5-10-16)22(28)30-23(17)13-12-15-8-6-7-11-18(15)25-23/h3-11,14,19,25H,2,12-13H2,1H3,(H,24,26). The number of esters is 2. The highest BCUT2D eigenvalue weighted by Gasteiger charge is 2.49. The van der Waals surface area contributed by atoms with Gasteiger partial charge in [-0.15, -0.1) is 0 Å². The molecule has 2 aromatic carbocycles. The molecule has 0 fully saturated rings. The van der Waals surface area contributed by atoms with Crippen molar-refractivity contribution in [1.82, 2.24) is 5.32 Å². The van der Waals surface area contributed by atoms with E-state index in [1.165, 1.54) is 6.08 Å². The highest BCUT2D eigenvalue weighted by atomic mass is 16.6. The van der Waals surface area contributed by atoms with Crippen LogP contribution in [0.4, 0.5) is 5.69 Å². The lowest BCUT2D eigenvalue weighted by Gasteiger charge is -2.43. The summed E-state index contributed by atoms with van der Waals surface area (Å²) in [5, 5.41) is 5.84. The second kappa shape index (κ2) is 8.02. The molecule has 2 heterocycles. The lowest BCUT2D eigenvalue weighted by Crippen LogP contribution is -2.57. The van der Waals surface area contributed by atoms with Gasteiger partial charge >= 0.3 is 11.9 Å². The number of fused-ring (bicyclic) bond motifs is 1. The first kappa shape index (κ1) is 19.7. The third-order valence-corrected chi connectivity index (χ3v) is 5.22. The summed E-state index contributed by atoms with van der Waals surface area (Å²) in [6.45, 7) is 1.88. The zero-order chi connectivity index (χ0) is 21.1. The zero-order valence-electron chi connectivity index (χ0n) is 16.5. The van der Waals surface area contributed by atoms with E-state index in [1.54, 1.807) is 37.3 Å². The molecule has 7 heteroatoms. The molecule has 0 aliphatic carbocycles. The number of amides is 1. The van der Waals surface area contributed by atoms with Gasteiger partial charge in [0, 0.05) is 17.7 Å². The Bertz CT molecular complexity index is 1020. The van der Waals surface area contributed by atoms with Crippen LogP contribution in [-0.4, -0.2) is 36.2 Å².